The van der Waals surface area contributed by atoms with Crippen LogP contribution in [-0.4, -0.2) is 15.3 Å². The van der Waals surface area contributed by atoms with Crippen LogP contribution in [0.1, 0.15) is 11.4 Å². The SMILES string of the molecule is Cn1ccnc1CC(=O)Cc1c(F)cccc1F. The molecule has 0 saturated heterocycles. The Bertz CT molecular complexity index is 558. The Hall–Kier alpha value is -2.04. The zero-order chi connectivity index (χ0) is 13.1. The number of carbonyl (C=O) groups is 1. The van der Waals surface area contributed by atoms with Gasteiger partial charge in [-0.05, 0) is 12.1 Å². The number of Topliss-reactive ketones (excluding diaryl/α,β-unsaturated/α-hetero) is 1. The molecule has 0 spiro atoms. The van der Waals surface area contributed by atoms with Crippen LogP contribution in [0.3, 0.4) is 0 Å². The summed E-state index contributed by atoms with van der Waals surface area (Å²) in [6.07, 6.45) is 3.10. The van der Waals surface area contributed by atoms with E-state index < -0.39 is 11.6 Å². The average molecular weight is 250 g/mol. The van der Waals surface area contributed by atoms with Crippen molar-refractivity contribution in [1.29, 1.82) is 0 Å². The summed E-state index contributed by atoms with van der Waals surface area (Å²) in [4.78, 5) is 15.7. The van der Waals surface area contributed by atoms with E-state index in [2.05, 4.69) is 4.98 Å². The van der Waals surface area contributed by atoms with Gasteiger partial charge >= 0.3 is 0 Å². The lowest BCUT2D eigenvalue weighted by Crippen LogP contribution is -2.12. The molecular weight excluding hydrogens is 238 g/mol. The van der Waals surface area contributed by atoms with Gasteiger partial charge in [0.05, 0.1) is 6.42 Å². The highest BCUT2D eigenvalue weighted by Crippen LogP contribution is 2.13. The largest absolute Gasteiger partial charge is 0.338 e. The van der Waals surface area contributed by atoms with Gasteiger partial charge in [-0.2, -0.15) is 0 Å². The van der Waals surface area contributed by atoms with E-state index in [1.807, 2.05) is 0 Å². The minimum Gasteiger partial charge on any atom is -0.338 e. The molecule has 0 radical (unpaired) electrons. The van der Waals surface area contributed by atoms with Gasteiger partial charge in [0, 0.05) is 31.4 Å². The normalized spacial score (nSPS) is 10.6. The number of ketones is 1. The van der Waals surface area contributed by atoms with Crippen molar-refractivity contribution in [2.75, 3.05) is 0 Å². The van der Waals surface area contributed by atoms with E-state index in [1.165, 1.54) is 6.07 Å². The van der Waals surface area contributed by atoms with E-state index in [9.17, 15) is 13.6 Å². The van der Waals surface area contributed by atoms with Crippen LogP contribution in [0.4, 0.5) is 8.78 Å². The highest BCUT2D eigenvalue weighted by Gasteiger charge is 2.14. The number of halogens is 2. The first kappa shape index (κ1) is 12.4. The Morgan fingerprint density at radius 2 is 1.94 bits per heavy atom. The second kappa shape index (κ2) is 5.08. The van der Waals surface area contributed by atoms with Crippen LogP contribution >= 0.6 is 0 Å². The first-order chi connectivity index (χ1) is 8.58. The molecule has 0 unspecified atom stereocenters. The van der Waals surface area contributed by atoms with Gasteiger partial charge in [-0.25, -0.2) is 13.8 Å². The molecule has 0 fully saturated rings. The molecule has 0 N–H and O–H groups in total. The predicted octanol–water partition coefficient (Wildman–Crippen LogP) is 2.05. The molecule has 1 aromatic heterocycles. The number of hydrogen-bond donors (Lipinski definition) is 0. The lowest BCUT2D eigenvalue weighted by molar-refractivity contribution is -0.118. The molecule has 3 nitrogen and oxygen atoms in total. The van der Waals surface area contributed by atoms with Gasteiger partial charge in [0.25, 0.3) is 0 Å². The van der Waals surface area contributed by atoms with Crippen molar-refractivity contribution in [3.8, 4) is 0 Å². The fourth-order valence-electron chi connectivity index (χ4n) is 1.70. The highest BCUT2D eigenvalue weighted by molar-refractivity contribution is 5.82. The molecule has 1 aromatic carbocycles. The summed E-state index contributed by atoms with van der Waals surface area (Å²) in [6, 6.07) is 3.57. The average Bonchev–Trinajstić information content (AvgIpc) is 2.70. The molecular formula is C13H12F2N2O. The van der Waals surface area contributed by atoms with Crippen molar-refractivity contribution < 1.29 is 13.6 Å². The van der Waals surface area contributed by atoms with Crippen LogP contribution in [0, 0.1) is 11.6 Å². The van der Waals surface area contributed by atoms with Gasteiger partial charge in [0.15, 0.2) is 0 Å². The number of nitrogens with zero attached hydrogens (tertiary/aromatic N) is 2. The molecule has 94 valence electrons. The Morgan fingerprint density at radius 3 is 2.50 bits per heavy atom. The predicted molar refractivity (Wildman–Crippen MR) is 62.0 cm³/mol. The number of hydrogen-bond acceptors (Lipinski definition) is 2. The van der Waals surface area contributed by atoms with Crippen molar-refractivity contribution in [2.24, 2.45) is 7.05 Å². The third-order valence-corrected chi connectivity index (χ3v) is 2.71. The first-order valence-corrected chi connectivity index (χ1v) is 5.48. The first-order valence-electron chi connectivity index (χ1n) is 5.48. The molecule has 1 heterocycles. The van der Waals surface area contributed by atoms with Crippen molar-refractivity contribution in [2.45, 2.75) is 12.8 Å². The van der Waals surface area contributed by atoms with Crippen molar-refractivity contribution in [3.63, 3.8) is 0 Å². The summed E-state index contributed by atoms with van der Waals surface area (Å²) in [5, 5.41) is 0. The maximum Gasteiger partial charge on any atom is 0.144 e. The molecule has 0 amide bonds. The van der Waals surface area contributed by atoms with E-state index in [0.29, 0.717) is 5.82 Å². The summed E-state index contributed by atoms with van der Waals surface area (Å²) in [6.45, 7) is 0. The van der Waals surface area contributed by atoms with Gasteiger partial charge in [-0.3, -0.25) is 4.79 Å². The third-order valence-electron chi connectivity index (χ3n) is 2.71. The number of rotatable bonds is 4. The van der Waals surface area contributed by atoms with Crippen molar-refractivity contribution in [3.05, 3.63) is 53.6 Å². The van der Waals surface area contributed by atoms with Gasteiger partial charge in [-0.15, -0.1) is 0 Å². The minimum absolute atomic E-state index is 0.0667. The maximum absolute atomic E-state index is 13.4. The van der Waals surface area contributed by atoms with E-state index in [0.717, 1.165) is 12.1 Å². The summed E-state index contributed by atoms with van der Waals surface area (Å²) in [5.74, 6) is -1.07. The van der Waals surface area contributed by atoms with Gasteiger partial charge < -0.3 is 4.57 Å². The van der Waals surface area contributed by atoms with E-state index >= 15 is 0 Å². The molecule has 2 aromatic rings. The monoisotopic (exact) mass is 250 g/mol. The van der Waals surface area contributed by atoms with E-state index in [4.69, 9.17) is 0 Å². The van der Waals surface area contributed by atoms with Gasteiger partial charge in [0.1, 0.15) is 23.2 Å². The summed E-state index contributed by atoms with van der Waals surface area (Å²) in [7, 11) is 1.76. The molecule has 0 aliphatic rings. The van der Waals surface area contributed by atoms with Gasteiger partial charge in [-0.1, -0.05) is 6.07 Å². The zero-order valence-corrected chi connectivity index (χ0v) is 9.86. The molecule has 2 rings (SSSR count). The second-order valence-electron chi connectivity index (χ2n) is 4.05. The zero-order valence-electron chi connectivity index (χ0n) is 9.86. The Morgan fingerprint density at radius 1 is 1.28 bits per heavy atom. The quantitative estimate of drug-likeness (QED) is 0.832. The Labute approximate surface area is 103 Å². The van der Waals surface area contributed by atoms with Crippen LogP contribution in [0.15, 0.2) is 30.6 Å². The highest BCUT2D eigenvalue weighted by atomic mass is 19.1. The fraction of sp³-hybridized carbons (Fsp3) is 0.231. The minimum atomic E-state index is -0.691. The lowest BCUT2D eigenvalue weighted by atomic mass is 10.1. The fourth-order valence-corrected chi connectivity index (χ4v) is 1.70. The van der Waals surface area contributed by atoms with Crippen LogP contribution in [-0.2, 0) is 24.7 Å². The van der Waals surface area contributed by atoms with Crippen molar-refractivity contribution in [1.82, 2.24) is 9.55 Å². The second-order valence-corrected chi connectivity index (χ2v) is 4.05. The molecule has 0 bridgehead atoms. The molecule has 0 aliphatic carbocycles. The van der Waals surface area contributed by atoms with Gasteiger partial charge in [0.2, 0.25) is 0 Å². The van der Waals surface area contributed by atoms with Crippen LogP contribution in [0.25, 0.3) is 0 Å². The lowest BCUT2D eigenvalue weighted by Gasteiger charge is -2.04. The molecule has 0 atom stereocenters. The van der Waals surface area contributed by atoms with E-state index in [1.54, 1.807) is 24.0 Å². The molecule has 0 saturated carbocycles. The standard InChI is InChI=1S/C13H12F2N2O/c1-17-6-5-16-13(17)8-9(18)7-10-11(14)3-2-4-12(10)15/h2-6H,7-8H2,1H3. The van der Waals surface area contributed by atoms with Crippen LogP contribution < -0.4 is 0 Å². The summed E-state index contributed by atoms with van der Waals surface area (Å²) >= 11 is 0. The Kier molecular flexibility index (Phi) is 3.50. The van der Waals surface area contributed by atoms with Crippen LogP contribution in [0.2, 0.25) is 0 Å². The van der Waals surface area contributed by atoms with Crippen molar-refractivity contribution >= 4 is 5.78 Å². The smallest absolute Gasteiger partial charge is 0.144 e. The topological polar surface area (TPSA) is 34.9 Å². The maximum atomic E-state index is 13.4. The van der Waals surface area contributed by atoms with Crippen LogP contribution in [0.5, 0.6) is 0 Å². The summed E-state index contributed by atoms with van der Waals surface area (Å²) < 4.78 is 28.4. The number of imidazole rings is 1. The third kappa shape index (κ3) is 2.61. The van der Waals surface area contributed by atoms with E-state index in [-0.39, 0.29) is 24.2 Å². The molecule has 18 heavy (non-hydrogen) atoms. The number of carbonyl (C=O) groups excluding carboxylic acids is 1. The number of aryl methyl sites for hydroxylation is 1. The molecule has 0 aliphatic heterocycles. The summed E-state index contributed by atoms with van der Waals surface area (Å²) in [5.41, 5.74) is -0.184. The number of benzene rings is 1. The molecule has 5 heteroatoms. The Balaban J connectivity index is 2.10. The number of aromatic nitrogens is 2.